The first-order valence-electron chi connectivity index (χ1n) is 4.78. The van der Waals surface area contributed by atoms with Crippen LogP contribution in [0.5, 0.6) is 5.75 Å². The number of thiocarbonyl (C=S) groups is 1. The van der Waals surface area contributed by atoms with E-state index in [0.717, 1.165) is 6.54 Å². The SMILES string of the molecule is CC(C)CNC(=S)Nc1ncccc1O. The highest BCUT2D eigenvalue weighted by molar-refractivity contribution is 7.80. The first-order valence-corrected chi connectivity index (χ1v) is 5.19. The van der Waals surface area contributed by atoms with E-state index in [2.05, 4.69) is 29.5 Å². The van der Waals surface area contributed by atoms with Gasteiger partial charge in [0.05, 0.1) is 0 Å². The van der Waals surface area contributed by atoms with Crippen molar-refractivity contribution in [2.45, 2.75) is 13.8 Å². The average molecular weight is 225 g/mol. The van der Waals surface area contributed by atoms with Gasteiger partial charge in [0.25, 0.3) is 0 Å². The van der Waals surface area contributed by atoms with Crippen LogP contribution in [0.15, 0.2) is 18.3 Å². The van der Waals surface area contributed by atoms with E-state index >= 15 is 0 Å². The smallest absolute Gasteiger partial charge is 0.174 e. The van der Waals surface area contributed by atoms with Crippen LogP contribution in [-0.2, 0) is 0 Å². The maximum atomic E-state index is 9.42. The van der Waals surface area contributed by atoms with E-state index in [-0.39, 0.29) is 5.75 Å². The molecule has 0 spiro atoms. The lowest BCUT2D eigenvalue weighted by Gasteiger charge is -2.11. The first kappa shape index (κ1) is 11.7. The maximum Gasteiger partial charge on any atom is 0.174 e. The number of nitrogens with one attached hydrogen (secondary N) is 2. The number of aromatic nitrogens is 1. The minimum Gasteiger partial charge on any atom is -0.504 e. The van der Waals surface area contributed by atoms with Crippen LogP contribution in [-0.4, -0.2) is 21.7 Å². The molecule has 0 amide bonds. The minimum atomic E-state index is 0.0891. The molecule has 1 rings (SSSR count). The summed E-state index contributed by atoms with van der Waals surface area (Å²) in [5.41, 5.74) is 0. The molecule has 0 radical (unpaired) electrons. The molecular formula is C10H15N3OS. The molecule has 0 aromatic carbocycles. The van der Waals surface area contributed by atoms with Gasteiger partial charge in [-0.25, -0.2) is 4.98 Å². The van der Waals surface area contributed by atoms with Crippen LogP contribution in [0.25, 0.3) is 0 Å². The number of pyridine rings is 1. The van der Waals surface area contributed by atoms with E-state index in [0.29, 0.717) is 16.8 Å². The molecule has 0 aliphatic rings. The van der Waals surface area contributed by atoms with Crippen molar-refractivity contribution in [3.05, 3.63) is 18.3 Å². The summed E-state index contributed by atoms with van der Waals surface area (Å²) in [6.07, 6.45) is 1.59. The fourth-order valence-electron chi connectivity index (χ4n) is 0.942. The lowest BCUT2D eigenvalue weighted by molar-refractivity contribution is 0.475. The molecule has 0 saturated carbocycles. The Morgan fingerprint density at radius 2 is 2.33 bits per heavy atom. The molecule has 1 aromatic heterocycles. The number of nitrogens with zero attached hydrogens (tertiary/aromatic N) is 1. The highest BCUT2D eigenvalue weighted by Crippen LogP contribution is 2.17. The van der Waals surface area contributed by atoms with Crippen molar-refractivity contribution in [2.24, 2.45) is 5.92 Å². The third kappa shape index (κ3) is 4.12. The van der Waals surface area contributed by atoms with Crippen molar-refractivity contribution in [3.8, 4) is 5.75 Å². The van der Waals surface area contributed by atoms with Crippen molar-refractivity contribution in [1.82, 2.24) is 10.3 Å². The number of hydrogen-bond donors (Lipinski definition) is 3. The quantitative estimate of drug-likeness (QED) is 0.684. The van der Waals surface area contributed by atoms with E-state index in [1.807, 2.05) is 0 Å². The molecule has 0 aliphatic carbocycles. The molecule has 1 aromatic rings. The number of rotatable bonds is 3. The van der Waals surface area contributed by atoms with Crippen LogP contribution in [0.1, 0.15) is 13.8 Å². The summed E-state index contributed by atoms with van der Waals surface area (Å²) in [4.78, 5) is 3.96. The van der Waals surface area contributed by atoms with Crippen LogP contribution < -0.4 is 10.6 Å². The van der Waals surface area contributed by atoms with Gasteiger partial charge in [0.2, 0.25) is 0 Å². The van der Waals surface area contributed by atoms with E-state index in [1.165, 1.54) is 0 Å². The summed E-state index contributed by atoms with van der Waals surface area (Å²) in [6, 6.07) is 3.21. The van der Waals surface area contributed by atoms with Gasteiger partial charge < -0.3 is 15.7 Å². The Bertz CT molecular complexity index is 341. The highest BCUT2D eigenvalue weighted by Gasteiger charge is 2.03. The second-order valence-electron chi connectivity index (χ2n) is 3.60. The summed E-state index contributed by atoms with van der Waals surface area (Å²) in [6.45, 7) is 4.97. The molecule has 0 atom stereocenters. The van der Waals surface area contributed by atoms with Crippen LogP contribution in [0.3, 0.4) is 0 Å². The fraction of sp³-hybridized carbons (Fsp3) is 0.400. The van der Waals surface area contributed by atoms with Gasteiger partial charge in [-0.05, 0) is 30.3 Å². The van der Waals surface area contributed by atoms with Crippen molar-refractivity contribution in [1.29, 1.82) is 0 Å². The third-order valence-electron chi connectivity index (χ3n) is 1.69. The molecule has 4 nitrogen and oxygen atoms in total. The molecule has 0 saturated heterocycles. The normalized spacial score (nSPS) is 10.1. The highest BCUT2D eigenvalue weighted by atomic mass is 32.1. The lowest BCUT2D eigenvalue weighted by Crippen LogP contribution is -2.31. The maximum absolute atomic E-state index is 9.42. The Kier molecular flexibility index (Phi) is 4.30. The van der Waals surface area contributed by atoms with Gasteiger partial charge in [0.1, 0.15) is 0 Å². The second kappa shape index (κ2) is 5.50. The predicted octanol–water partition coefficient (Wildman–Crippen LogP) is 1.73. The molecule has 15 heavy (non-hydrogen) atoms. The van der Waals surface area contributed by atoms with Gasteiger partial charge in [0, 0.05) is 12.7 Å². The third-order valence-corrected chi connectivity index (χ3v) is 1.94. The monoisotopic (exact) mass is 225 g/mol. The Hall–Kier alpha value is -1.36. The van der Waals surface area contributed by atoms with Crippen LogP contribution in [0.2, 0.25) is 0 Å². The predicted molar refractivity (Wildman–Crippen MR) is 65.0 cm³/mol. The van der Waals surface area contributed by atoms with Crippen LogP contribution >= 0.6 is 12.2 Å². The Morgan fingerprint density at radius 1 is 1.60 bits per heavy atom. The van der Waals surface area contributed by atoms with Gasteiger partial charge in [0.15, 0.2) is 16.7 Å². The molecule has 1 heterocycles. The van der Waals surface area contributed by atoms with Crippen LogP contribution in [0.4, 0.5) is 5.82 Å². The number of hydrogen-bond acceptors (Lipinski definition) is 3. The van der Waals surface area contributed by atoms with E-state index in [4.69, 9.17) is 12.2 Å². The first-order chi connectivity index (χ1) is 7.09. The summed E-state index contributed by atoms with van der Waals surface area (Å²) in [7, 11) is 0. The van der Waals surface area contributed by atoms with E-state index in [9.17, 15) is 5.11 Å². The Morgan fingerprint density at radius 3 is 2.93 bits per heavy atom. The van der Waals surface area contributed by atoms with Gasteiger partial charge in [-0.2, -0.15) is 0 Å². The van der Waals surface area contributed by atoms with E-state index in [1.54, 1.807) is 18.3 Å². The fourth-order valence-corrected chi connectivity index (χ4v) is 1.12. The van der Waals surface area contributed by atoms with Crippen molar-refractivity contribution in [3.63, 3.8) is 0 Å². The van der Waals surface area contributed by atoms with Gasteiger partial charge in [-0.15, -0.1) is 0 Å². The molecule has 5 heteroatoms. The molecule has 0 bridgehead atoms. The zero-order chi connectivity index (χ0) is 11.3. The topological polar surface area (TPSA) is 57.2 Å². The van der Waals surface area contributed by atoms with Gasteiger partial charge in [-0.3, -0.25) is 0 Å². The molecular weight excluding hydrogens is 210 g/mol. The summed E-state index contributed by atoms with van der Waals surface area (Å²) < 4.78 is 0. The number of aromatic hydroxyl groups is 1. The van der Waals surface area contributed by atoms with Crippen molar-refractivity contribution in [2.75, 3.05) is 11.9 Å². The molecule has 0 fully saturated rings. The lowest BCUT2D eigenvalue weighted by atomic mass is 10.2. The summed E-state index contributed by atoms with van der Waals surface area (Å²) >= 11 is 5.04. The van der Waals surface area contributed by atoms with Gasteiger partial charge in [-0.1, -0.05) is 13.8 Å². The summed E-state index contributed by atoms with van der Waals surface area (Å²) in [5.74, 6) is 0.979. The summed E-state index contributed by atoms with van der Waals surface area (Å²) in [5, 5.41) is 15.7. The molecule has 0 aliphatic heterocycles. The Labute approximate surface area is 94.7 Å². The second-order valence-corrected chi connectivity index (χ2v) is 4.01. The average Bonchev–Trinajstić information content (AvgIpc) is 2.18. The largest absolute Gasteiger partial charge is 0.504 e. The number of anilines is 1. The van der Waals surface area contributed by atoms with Crippen LogP contribution in [0, 0.1) is 5.92 Å². The van der Waals surface area contributed by atoms with Crippen molar-refractivity contribution >= 4 is 23.1 Å². The zero-order valence-electron chi connectivity index (χ0n) is 8.82. The molecule has 82 valence electrons. The zero-order valence-corrected chi connectivity index (χ0v) is 9.64. The molecule has 0 unspecified atom stereocenters. The van der Waals surface area contributed by atoms with Gasteiger partial charge >= 0.3 is 0 Å². The minimum absolute atomic E-state index is 0.0891. The Balaban J connectivity index is 2.48. The van der Waals surface area contributed by atoms with E-state index < -0.39 is 0 Å². The molecule has 3 N–H and O–H groups in total. The van der Waals surface area contributed by atoms with Crippen molar-refractivity contribution < 1.29 is 5.11 Å². The standard InChI is InChI=1S/C10H15N3OS/c1-7(2)6-12-10(15)13-9-8(14)4-3-5-11-9/h3-5,7,14H,6H2,1-2H3,(H2,11,12,13,15).